The van der Waals surface area contributed by atoms with Gasteiger partial charge in [-0.1, -0.05) is 0 Å². The number of hydroxylamine groups is 2. The third-order valence-electron chi connectivity index (χ3n) is 4.20. The Balaban J connectivity index is 1.53. The molecule has 1 N–H and O–H groups in total. The Kier molecular flexibility index (Phi) is 7.26. The third kappa shape index (κ3) is 7.00. The van der Waals surface area contributed by atoms with Gasteiger partial charge in [0.05, 0.1) is 10.2 Å². The number of rotatable bonds is 5. The predicted octanol–water partition coefficient (Wildman–Crippen LogP) is 4.97. The van der Waals surface area contributed by atoms with Crippen LogP contribution in [0.1, 0.15) is 33.6 Å². The van der Waals surface area contributed by atoms with E-state index in [0.717, 1.165) is 12.1 Å². The van der Waals surface area contributed by atoms with Crippen LogP contribution < -0.4 is 10.1 Å². The fourth-order valence-electron chi connectivity index (χ4n) is 2.81. The van der Waals surface area contributed by atoms with Crippen LogP contribution in [0.4, 0.5) is 25.1 Å². The first-order valence-electron chi connectivity index (χ1n) is 9.65. The third-order valence-corrected chi connectivity index (χ3v) is 4.80. The fraction of sp³-hybridized carbons (Fsp3) is 0.450. The lowest BCUT2D eigenvalue weighted by atomic mass is 10.1. The molecular formula is C20H23BrF2N4O4. The number of benzene rings is 1. The van der Waals surface area contributed by atoms with Gasteiger partial charge in [0.25, 0.3) is 0 Å². The first-order chi connectivity index (χ1) is 14.6. The fourth-order valence-corrected chi connectivity index (χ4v) is 3.13. The van der Waals surface area contributed by atoms with Crippen molar-refractivity contribution in [1.82, 2.24) is 15.0 Å². The highest BCUT2D eigenvalue weighted by Gasteiger charge is 2.26. The number of nitrogens with zero attached hydrogens (tertiary/aromatic N) is 3. The maximum Gasteiger partial charge on any atom is 0.528 e. The van der Waals surface area contributed by atoms with Crippen LogP contribution in [0.3, 0.4) is 0 Å². The SMILES string of the molecule is CC(C)(C)OC(=O)ON1CCC(Oc2cc(Nc3cc(F)c(Br)cc3F)ncn2)CC1. The second kappa shape index (κ2) is 9.73. The van der Waals surface area contributed by atoms with E-state index in [4.69, 9.17) is 14.3 Å². The summed E-state index contributed by atoms with van der Waals surface area (Å²) in [4.78, 5) is 25.0. The summed E-state index contributed by atoms with van der Waals surface area (Å²) in [6, 6.07) is 3.56. The summed E-state index contributed by atoms with van der Waals surface area (Å²) < 4.78 is 38.8. The molecule has 11 heteroatoms. The zero-order valence-electron chi connectivity index (χ0n) is 17.3. The Morgan fingerprint density at radius 2 is 1.87 bits per heavy atom. The Morgan fingerprint density at radius 3 is 2.55 bits per heavy atom. The molecule has 0 bridgehead atoms. The van der Waals surface area contributed by atoms with Gasteiger partial charge in [-0.2, -0.15) is 0 Å². The molecule has 0 radical (unpaired) electrons. The van der Waals surface area contributed by atoms with Crippen molar-refractivity contribution in [2.45, 2.75) is 45.3 Å². The van der Waals surface area contributed by atoms with Crippen molar-refractivity contribution >= 4 is 33.6 Å². The van der Waals surface area contributed by atoms with E-state index in [9.17, 15) is 13.6 Å². The summed E-state index contributed by atoms with van der Waals surface area (Å²) in [5.74, 6) is -0.681. The first-order valence-corrected chi connectivity index (χ1v) is 10.4. The van der Waals surface area contributed by atoms with Crippen LogP contribution in [0.25, 0.3) is 0 Å². The number of hydrogen-bond donors (Lipinski definition) is 1. The van der Waals surface area contributed by atoms with E-state index < -0.39 is 23.4 Å². The number of nitrogens with one attached hydrogen (secondary N) is 1. The molecule has 1 aromatic carbocycles. The van der Waals surface area contributed by atoms with Gasteiger partial charge in [-0.05, 0) is 42.8 Å². The minimum absolute atomic E-state index is 0.0317. The molecule has 3 rings (SSSR count). The lowest BCUT2D eigenvalue weighted by molar-refractivity contribution is -0.159. The smallest absolute Gasteiger partial charge is 0.474 e. The van der Waals surface area contributed by atoms with Crippen LogP contribution in [0.15, 0.2) is 29.0 Å². The molecule has 0 spiro atoms. The molecule has 168 valence electrons. The molecule has 0 amide bonds. The van der Waals surface area contributed by atoms with Gasteiger partial charge >= 0.3 is 6.16 Å². The van der Waals surface area contributed by atoms with Crippen LogP contribution >= 0.6 is 15.9 Å². The van der Waals surface area contributed by atoms with Crippen molar-refractivity contribution < 1.29 is 27.9 Å². The molecule has 1 fully saturated rings. The predicted molar refractivity (Wildman–Crippen MR) is 112 cm³/mol. The van der Waals surface area contributed by atoms with Gasteiger partial charge in [-0.3, -0.25) is 0 Å². The van der Waals surface area contributed by atoms with Crippen molar-refractivity contribution in [3.63, 3.8) is 0 Å². The average molecular weight is 501 g/mol. The van der Waals surface area contributed by atoms with E-state index in [1.807, 2.05) is 0 Å². The minimum Gasteiger partial charge on any atom is -0.474 e. The molecule has 8 nitrogen and oxygen atoms in total. The van der Waals surface area contributed by atoms with Crippen LogP contribution in [0.2, 0.25) is 0 Å². The lowest BCUT2D eigenvalue weighted by Gasteiger charge is -2.30. The second-order valence-electron chi connectivity index (χ2n) is 7.91. The highest BCUT2D eigenvalue weighted by molar-refractivity contribution is 9.10. The van der Waals surface area contributed by atoms with E-state index in [2.05, 4.69) is 31.2 Å². The van der Waals surface area contributed by atoms with Crippen LogP contribution in [-0.2, 0) is 9.57 Å². The van der Waals surface area contributed by atoms with Gasteiger partial charge in [0.2, 0.25) is 5.88 Å². The topological polar surface area (TPSA) is 85.8 Å². The van der Waals surface area contributed by atoms with Gasteiger partial charge in [-0.25, -0.2) is 23.5 Å². The van der Waals surface area contributed by atoms with Crippen molar-refractivity contribution in [3.8, 4) is 5.88 Å². The molecule has 2 aromatic rings. The molecule has 31 heavy (non-hydrogen) atoms. The summed E-state index contributed by atoms with van der Waals surface area (Å²) in [5, 5.41) is 4.25. The Morgan fingerprint density at radius 1 is 1.16 bits per heavy atom. The van der Waals surface area contributed by atoms with E-state index in [0.29, 0.717) is 31.8 Å². The van der Waals surface area contributed by atoms with Crippen molar-refractivity contribution in [3.05, 3.63) is 40.6 Å². The first kappa shape index (κ1) is 23.1. The second-order valence-corrected chi connectivity index (χ2v) is 8.77. The monoisotopic (exact) mass is 500 g/mol. The summed E-state index contributed by atoms with van der Waals surface area (Å²) in [6.07, 6.45) is 1.58. The summed E-state index contributed by atoms with van der Waals surface area (Å²) in [7, 11) is 0. The number of piperidine rings is 1. The van der Waals surface area contributed by atoms with E-state index in [1.54, 1.807) is 20.8 Å². The van der Waals surface area contributed by atoms with Crippen LogP contribution in [0.5, 0.6) is 5.88 Å². The highest BCUT2D eigenvalue weighted by atomic mass is 79.9. The number of carbonyl (C=O) groups excluding carboxylic acids is 1. The molecule has 1 aliphatic heterocycles. The van der Waals surface area contributed by atoms with Crippen LogP contribution in [-0.4, -0.2) is 46.0 Å². The van der Waals surface area contributed by atoms with Gasteiger partial charge in [0.1, 0.15) is 35.5 Å². The van der Waals surface area contributed by atoms with Gasteiger partial charge in [-0.15, -0.1) is 5.06 Å². The molecule has 2 heterocycles. The largest absolute Gasteiger partial charge is 0.528 e. The normalized spacial score (nSPS) is 15.4. The van der Waals surface area contributed by atoms with Crippen molar-refractivity contribution in [2.75, 3.05) is 18.4 Å². The Hall–Kier alpha value is -2.53. The number of carbonyl (C=O) groups is 1. The van der Waals surface area contributed by atoms with Gasteiger partial charge in [0.15, 0.2) is 0 Å². The van der Waals surface area contributed by atoms with E-state index >= 15 is 0 Å². The lowest BCUT2D eigenvalue weighted by Crippen LogP contribution is -2.40. The molecule has 1 aliphatic rings. The maximum absolute atomic E-state index is 14.0. The summed E-state index contributed by atoms with van der Waals surface area (Å²) in [6.45, 7) is 6.25. The van der Waals surface area contributed by atoms with E-state index in [-0.39, 0.29) is 22.1 Å². The average Bonchev–Trinajstić information content (AvgIpc) is 2.66. The molecule has 0 unspecified atom stereocenters. The number of ether oxygens (including phenoxy) is 2. The molecule has 1 aromatic heterocycles. The number of aromatic nitrogens is 2. The van der Waals surface area contributed by atoms with Crippen molar-refractivity contribution in [1.29, 1.82) is 0 Å². The standard InChI is InChI=1S/C20H23BrF2N4O4/c1-20(2,3)30-19(28)31-27-6-4-12(5-7-27)29-18-10-17(24-11-25-18)26-16-9-14(22)13(21)8-15(16)23/h8-12H,4-7H2,1-3H3,(H,24,25,26). The zero-order chi connectivity index (χ0) is 22.6. The number of anilines is 2. The van der Waals surface area contributed by atoms with Gasteiger partial charge in [0, 0.05) is 38.1 Å². The van der Waals surface area contributed by atoms with E-state index in [1.165, 1.54) is 17.5 Å². The Labute approximate surface area is 187 Å². The number of halogens is 3. The molecule has 0 aliphatic carbocycles. The molecule has 0 atom stereocenters. The van der Waals surface area contributed by atoms with Crippen molar-refractivity contribution in [2.24, 2.45) is 0 Å². The molecule has 1 saturated heterocycles. The quantitative estimate of drug-likeness (QED) is 0.454. The van der Waals surface area contributed by atoms with Crippen LogP contribution in [0, 0.1) is 11.6 Å². The summed E-state index contributed by atoms with van der Waals surface area (Å²) in [5.41, 5.74) is -0.680. The summed E-state index contributed by atoms with van der Waals surface area (Å²) >= 11 is 2.94. The molecular weight excluding hydrogens is 478 g/mol. The zero-order valence-corrected chi connectivity index (χ0v) is 18.9. The Bertz CT molecular complexity index is 934. The number of hydrogen-bond acceptors (Lipinski definition) is 8. The van der Waals surface area contributed by atoms with Gasteiger partial charge < -0.3 is 19.6 Å². The maximum atomic E-state index is 14.0. The highest BCUT2D eigenvalue weighted by Crippen LogP contribution is 2.27. The minimum atomic E-state index is -0.741. The molecule has 0 saturated carbocycles.